The first-order valence-electron chi connectivity index (χ1n) is 4.38. The number of aliphatic imine (C=N–C) groups is 1. The van der Waals surface area contributed by atoms with Crippen molar-refractivity contribution in [2.75, 3.05) is 5.32 Å². The summed E-state index contributed by atoms with van der Waals surface area (Å²) in [6.45, 7) is 0.333. The molecule has 0 spiro atoms. The second kappa shape index (κ2) is 9.67. The first-order valence-corrected chi connectivity index (χ1v) is 5.71. The fourth-order valence-corrected chi connectivity index (χ4v) is 1.71. The lowest BCUT2D eigenvalue weighted by molar-refractivity contribution is 0.870. The zero-order valence-electron chi connectivity index (χ0n) is 9.51. The molecule has 1 aromatic rings. The molecule has 0 aromatic carbocycles. The quantitative estimate of drug-likeness (QED) is 0.243. The third kappa shape index (κ3) is 8.48. The Balaban J connectivity index is 0. The van der Waals surface area contributed by atoms with Gasteiger partial charge < -0.3 is 22.1 Å². The number of rotatable bonds is 3. The lowest BCUT2D eigenvalue weighted by Gasteiger charge is -2.01. The minimum absolute atomic E-state index is 0. The zero-order valence-corrected chi connectivity index (χ0v) is 12.8. The van der Waals surface area contributed by atoms with Gasteiger partial charge in [0.05, 0.1) is 12.2 Å². The molecule has 0 saturated heterocycles. The van der Waals surface area contributed by atoms with Crippen LogP contribution in [-0.2, 0) is 6.54 Å². The maximum atomic E-state index is 7.37. The van der Waals surface area contributed by atoms with Gasteiger partial charge in [0, 0.05) is 5.38 Å². The number of nitrogens with two attached hydrogens (primary N) is 2. The van der Waals surface area contributed by atoms with Gasteiger partial charge in [-0.2, -0.15) is 4.99 Å². The molecule has 0 radical (unpaired) electrons. The van der Waals surface area contributed by atoms with Gasteiger partial charge in [-0.15, -0.1) is 48.8 Å². The van der Waals surface area contributed by atoms with Gasteiger partial charge in [-0.3, -0.25) is 10.8 Å². The molecule has 0 fully saturated rings. The molecular formula is C7H14Cl2N8S2. The van der Waals surface area contributed by atoms with Crippen LogP contribution in [0, 0.1) is 10.8 Å². The molecule has 0 aliphatic heterocycles. The van der Waals surface area contributed by atoms with E-state index >= 15 is 0 Å². The molecular weight excluding hydrogens is 331 g/mol. The van der Waals surface area contributed by atoms with Gasteiger partial charge in [0.2, 0.25) is 5.96 Å². The number of aromatic nitrogens is 1. The highest BCUT2D eigenvalue weighted by molar-refractivity contribution is 7.96. The van der Waals surface area contributed by atoms with Crippen LogP contribution in [0.3, 0.4) is 0 Å². The van der Waals surface area contributed by atoms with Crippen LogP contribution >= 0.6 is 48.8 Å². The summed E-state index contributed by atoms with van der Waals surface area (Å²) in [4.78, 5) is 7.71. The Labute approximate surface area is 131 Å². The van der Waals surface area contributed by atoms with E-state index in [-0.39, 0.29) is 41.9 Å². The summed E-state index contributed by atoms with van der Waals surface area (Å²) in [5.41, 5.74) is 11.1. The lowest BCUT2D eigenvalue weighted by Crippen LogP contribution is -2.22. The Kier molecular flexibility index (Phi) is 10.2. The molecule has 1 heterocycles. The van der Waals surface area contributed by atoms with Crippen molar-refractivity contribution in [3.05, 3.63) is 11.1 Å². The maximum absolute atomic E-state index is 7.37. The number of thiazole rings is 1. The standard InChI is InChI=1S/C7H12N8S2.2ClH/c8-4(9)14-7-13-3(2-17-7)1-12-5(10)15-6(11)16;;/h2H,1H2,(H4,8,9,13,14)(H5,10,11,12,15,16);2*1H. The smallest absolute Gasteiger partial charge is 0.217 e. The molecule has 0 atom stereocenters. The predicted octanol–water partition coefficient (Wildman–Crippen LogP) is 0.561. The van der Waals surface area contributed by atoms with Crippen molar-refractivity contribution in [1.29, 1.82) is 10.8 Å². The second-order valence-electron chi connectivity index (χ2n) is 2.85. The third-order valence-electron chi connectivity index (χ3n) is 1.46. The molecule has 1 aromatic heterocycles. The molecule has 12 heteroatoms. The average Bonchev–Trinajstić information content (AvgIpc) is 2.60. The number of anilines is 1. The molecule has 1 rings (SSSR count). The molecule has 8 N–H and O–H groups in total. The molecule has 0 unspecified atom stereocenters. The Morgan fingerprint density at radius 2 is 2.05 bits per heavy atom. The molecule has 108 valence electrons. The van der Waals surface area contributed by atoms with Crippen LogP contribution < -0.4 is 22.1 Å². The van der Waals surface area contributed by atoms with Crippen LogP contribution in [-0.4, -0.2) is 22.1 Å². The van der Waals surface area contributed by atoms with E-state index in [4.69, 9.17) is 22.3 Å². The number of hydrogen-bond donors (Lipinski definition) is 7. The van der Waals surface area contributed by atoms with Gasteiger partial charge in [0.25, 0.3) is 0 Å². The summed E-state index contributed by atoms with van der Waals surface area (Å²) >= 11 is 5.06. The fourth-order valence-electron chi connectivity index (χ4n) is 0.889. The van der Waals surface area contributed by atoms with Crippen molar-refractivity contribution in [2.24, 2.45) is 16.5 Å². The van der Waals surface area contributed by atoms with Gasteiger partial charge in [-0.1, -0.05) is 0 Å². The highest BCUT2D eigenvalue weighted by atomic mass is 35.5. The summed E-state index contributed by atoms with van der Waals surface area (Å²) in [6, 6.07) is 0. The van der Waals surface area contributed by atoms with Gasteiger partial charge in [0.1, 0.15) is 0 Å². The SMILES string of the molecule is Cl.Cl.N=C(N)Nc1nc(CNC(=N)N=C(N)S)cs1. The van der Waals surface area contributed by atoms with Crippen molar-refractivity contribution in [3.8, 4) is 0 Å². The Morgan fingerprint density at radius 1 is 1.42 bits per heavy atom. The van der Waals surface area contributed by atoms with Crippen molar-refractivity contribution in [1.82, 2.24) is 10.3 Å². The average molecular weight is 345 g/mol. The van der Waals surface area contributed by atoms with Crippen molar-refractivity contribution in [2.45, 2.75) is 6.54 Å². The first kappa shape index (κ1) is 20.1. The van der Waals surface area contributed by atoms with Crippen LogP contribution in [0.1, 0.15) is 5.69 Å². The fraction of sp³-hybridized carbons (Fsp3) is 0.143. The number of nitrogens with one attached hydrogen (secondary N) is 4. The van der Waals surface area contributed by atoms with E-state index in [2.05, 4.69) is 33.2 Å². The second-order valence-corrected chi connectivity index (χ2v) is 4.17. The number of halogens is 2. The van der Waals surface area contributed by atoms with Crippen LogP contribution in [0.4, 0.5) is 5.13 Å². The Bertz CT molecular complexity index is 456. The van der Waals surface area contributed by atoms with Gasteiger partial charge in [-0.25, -0.2) is 4.98 Å². The minimum Gasteiger partial charge on any atom is -0.378 e. The Morgan fingerprint density at radius 3 is 2.58 bits per heavy atom. The summed E-state index contributed by atoms with van der Waals surface area (Å²) in [7, 11) is 0. The van der Waals surface area contributed by atoms with Crippen LogP contribution in [0.15, 0.2) is 10.4 Å². The summed E-state index contributed by atoms with van der Waals surface area (Å²) in [5.74, 6) is -0.259. The first-order chi connectivity index (χ1) is 7.97. The monoisotopic (exact) mass is 344 g/mol. The van der Waals surface area contributed by atoms with E-state index in [1.807, 2.05) is 0 Å². The molecule has 0 aliphatic carbocycles. The molecule has 0 saturated carbocycles. The van der Waals surface area contributed by atoms with Gasteiger partial charge >= 0.3 is 0 Å². The largest absolute Gasteiger partial charge is 0.378 e. The molecule has 0 bridgehead atoms. The van der Waals surface area contributed by atoms with E-state index in [9.17, 15) is 0 Å². The van der Waals surface area contributed by atoms with E-state index in [1.54, 1.807) is 5.38 Å². The van der Waals surface area contributed by atoms with Crippen molar-refractivity contribution < 1.29 is 0 Å². The van der Waals surface area contributed by atoms with Crippen molar-refractivity contribution >= 4 is 71.0 Å². The van der Waals surface area contributed by atoms with E-state index in [0.29, 0.717) is 17.4 Å². The zero-order chi connectivity index (χ0) is 12.8. The third-order valence-corrected chi connectivity index (χ3v) is 2.36. The molecule has 0 aliphatic rings. The summed E-state index contributed by atoms with van der Waals surface area (Å²) < 4.78 is 0. The minimum atomic E-state index is -0.168. The van der Waals surface area contributed by atoms with E-state index in [1.165, 1.54) is 11.3 Å². The lowest BCUT2D eigenvalue weighted by atomic mass is 10.5. The number of hydrogen-bond acceptors (Lipinski definition) is 4. The summed E-state index contributed by atoms with van der Waals surface area (Å²) in [5, 5.41) is 22.0. The number of thiol groups is 1. The van der Waals surface area contributed by atoms with Crippen molar-refractivity contribution in [3.63, 3.8) is 0 Å². The van der Waals surface area contributed by atoms with E-state index < -0.39 is 0 Å². The van der Waals surface area contributed by atoms with Crippen LogP contribution in [0.2, 0.25) is 0 Å². The molecule has 8 nitrogen and oxygen atoms in total. The predicted molar refractivity (Wildman–Crippen MR) is 87.3 cm³/mol. The van der Waals surface area contributed by atoms with Gasteiger partial charge in [-0.05, 0) is 0 Å². The summed E-state index contributed by atoms with van der Waals surface area (Å²) in [6.07, 6.45) is 0. The highest BCUT2D eigenvalue weighted by Gasteiger charge is 2.03. The number of amidine groups is 1. The van der Waals surface area contributed by atoms with Crippen LogP contribution in [0.5, 0.6) is 0 Å². The number of nitrogens with zero attached hydrogens (tertiary/aromatic N) is 2. The Hall–Kier alpha value is -1.23. The normalized spacial score (nSPS) is 9.84. The van der Waals surface area contributed by atoms with Gasteiger partial charge in [0.15, 0.2) is 16.3 Å². The van der Waals surface area contributed by atoms with Crippen LogP contribution in [0.25, 0.3) is 0 Å². The van der Waals surface area contributed by atoms with E-state index in [0.717, 1.165) is 0 Å². The molecule has 19 heavy (non-hydrogen) atoms. The maximum Gasteiger partial charge on any atom is 0.217 e. The number of guanidine groups is 2. The highest BCUT2D eigenvalue weighted by Crippen LogP contribution is 2.14. The molecule has 0 amide bonds. The topological polar surface area (TPSA) is 149 Å².